The number of hydrogen-bond donors (Lipinski definition) is 0. The van der Waals surface area contributed by atoms with E-state index in [0.717, 1.165) is 52.8 Å². The highest BCUT2D eigenvalue weighted by atomic mass is 32.1. The van der Waals surface area contributed by atoms with E-state index in [9.17, 15) is 4.79 Å². The molecule has 1 aliphatic heterocycles. The van der Waals surface area contributed by atoms with Gasteiger partial charge in [-0.3, -0.25) is 4.79 Å². The first-order valence-corrected chi connectivity index (χ1v) is 11.8. The van der Waals surface area contributed by atoms with Gasteiger partial charge in [0.25, 0.3) is 5.91 Å². The second kappa shape index (κ2) is 10.0. The molecule has 0 bridgehead atoms. The third-order valence-corrected chi connectivity index (χ3v) is 6.42. The quantitative estimate of drug-likeness (QED) is 0.470. The molecule has 1 saturated heterocycles. The van der Waals surface area contributed by atoms with Crippen molar-refractivity contribution in [3.63, 3.8) is 0 Å². The lowest BCUT2D eigenvalue weighted by Crippen LogP contribution is -2.48. The van der Waals surface area contributed by atoms with Crippen molar-refractivity contribution in [2.75, 3.05) is 44.3 Å². The fraction of sp³-hybridized carbons (Fsp3) is 0.417. The topological polar surface area (TPSA) is 54.9 Å². The van der Waals surface area contributed by atoms with Crippen LogP contribution < -0.4 is 14.4 Å². The SMILES string of the molecule is CCCCOc1cccc(C(=O)N2CCN(c3nc4ccc(OCC)cc4s3)CC2)c1. The Morgan fingerprint density at radius 3 is 2.61 bits per heavy atom. The van der Waals surface area contributed by atoms with Gasteiger partial charge in [0.15, 0.2) is 5.13 Å². The molecule has 0 saturated carbocycles. The molecule has 0 spiro atoms. The number of fused-ring (bicyclic) bond motifs is 1. The number of carbonyl (C=O) groups excluding carboxylic acids is 1. The van der Waals surface area contributed by atoms with Crippen molar-refractivity contribution in [3.8, 4) is 11.5 Å². The van der Waals surface area contributed by atoms with E-state index in [1.54, 1.807) is 11.3 Å². The van der Waals surface area contributed by atoms with E-state index in [0.29, 0.717) is 31.9 Å². The summed E-state index contributed by atoms with van der Waals surface area (Å²) >= 11 is 1.68. The average molecular weight is 440 g/mol. The number of piperazine rings is 1. The third-order valence-electron chi connectivity index (χ3n) is 5.34. The maximum absolute atomic E-state index is 13.0. The molecule has 164 valence electrons. The number of carbonyl (C=O) groups is 1. The zero-order chi connectivity index (χ0) is 21.6. The standard InChI is InChI=1S/C24H29N3O3S/c1-3-5-15-30-19-8-6-7-18(16-19)23(28)26-11-13-27(14-12-26)24-25-21-10-9-20(29-4-2)17-22(21)31-24/h6-10,16-17H,3-5,11-15H2,1-2H3. The second-order valence-electron chi connectivity index (χ2n) is 7.57. The smallest absolute Gasteiger partial charge is 0.254 e. The lowest BCUT2D eigenvalue weighted by molar-refractivity contribution is 0.0746. The van der Waals surface area contributed by atoms with Crippen LogP contribution in [0.3, 0.4) is 0 Å². The summed E-state index contributed by atoms with van der Waals surface area (Å²) in [6, 6.07) is 13.5. The summed E-state index contributed by atoms with van der Waals surface area (Å²) in [5.41, 5.74) is 1.67. The van der Waals surface area contributed by atoms with Gasteiger partial charge >= 0.3 is 0 Å². The van der Waals surface area contributed by atoms with E-state index in [4.69, 9.17) is 14.5 Å². The number of ether oxygens (including phenoxy) is 2. The summed E-state index contributed by atoms with van der Waals surface area (Å²) in [6.07, 6.45) is 2.10. The number of thiazole rings is 1. The summed E-state index contributed by atoms with van der Waals surface area (Å²) in [6.45, 7) is 8.36. The van der Waals surface area contributed by atoms with Gasteiger partial charge < -0.3 is 19.3 Å². The van der Waals surface area contributed by atoms with Gasteiger partial charge in [-0.15, -0.1) is 0 Å². The molecule has 1 aliphatic rings. The molecule has 6 nitrogen and oxygen atoms in total. The second-order valence-corrected chi connectivity index (χ2v) is 8.58. The number of nitrogens with zero attached hydrogens (tertiary/aromatic N) is 3. The molecule has 0 unspecified atom stereocenters. The molecule has 1 amide bonds. The maximum atomic E-state index is 13.0. The van der Waals surface area contributed by atoms with Gasteiger partial charge in [-0.25, -0.2) is 4.98 Å². The predicted octanol–water partition coefficient (Wildman–Crippen LogP) is 4.84. The molecular formula is C24H29N3O3S. The van der Waals surface area contributed by atoms with E-state index < -0.39 is 0 Å². The highest BCUT2D eigenvalue weighted by Gasteiger charge is 2.24. The van der Waals surface area contributed by atoms with E-state index in [1.165, 1.54) is 0 Å². The number of rotatable bonds is 8. The molecule has 31 heavy (non-hydrogen) atoms. The molecule has 0 atom stereocenters. The molecule has 0 radical (unpaired) electrons. The van der Waals surface area contributed by atoms with Crippen LogP contribution in [-0.2, 0) is 0 Å². The Labute approximate surface area is 187 Å². The Kier molecular flexibility index (Phi) is 6.92. The Balaban J connectivity index is 1.37. The summed E-state index contributed by atoms with van der Waals surface area (Å²) in [7, 11) is 0. The van der Waals surface area contributed by atoms with Crippen LogP contribution in [0, 0.1) is 0 Å². The number of unbranched alkanes of at least 4 members (excludes halogenated alkanes) is 1. The number of hydrogen-bond acceptors (Lipinski definition) is 6. The van der Waals surface area contributed by atoms with E-state index in [1.807, 2.05) is 48.2 Å². The van der Waals surface area contributed by atoms with Crippen LogP contribution in [0.4, 0.5) is 5.13 Å². The van der Waals surface area contributed by atoms with Crippen LogP contribution in [0.25, 0.3) is 10.2 Å². The van der Waals surface area contributed by atoms with Crippen molar-refractivity contribution in [1.29, 1.82) is 0 Å². The van der Waals surface area contributed by atoms with Crippen LogP contribution in [-0.4, -0.2) is 55.2 Å². The minimum atomic E-state index is 0.0613. The highest BCUT2D eigenvalue weighted by molar-refractivity contribution is 7.22. The molecule has 1 fully saturated rings. The van der Waals surface area contributed by atoms with Gasteiger partial charge in [0.2, 0.25) is 0 Å². The minimum absolute atomic E-state index is 0.0613. The summed E-state index contributed by atoms with van der Waals surface area (Å²) in [5.74, 6) is 1.70. The molecule has 2 aromatic carbocycles. The normalized spacial score (nSPS) is 14.1. The van der Waals surface area contributed by atoms with Crippen molar-refractivity contribution in [3.05, 3.63) is 48.0 Å². The first-order valence-electron chi connectivity index (χ1n) is 11.0. The summed E-state index contributed by atoms with van der Waals surface area (Å²) < 4.78 is 12.5. The number of anilines is 1. The number of aromatic nitrogens is 1. The van der Waals surface area contributed by atoms with Crippen molar-refractivity contribution < 1.29 is 14.3 Å². The Morgan fingerprint density at radius 1 is 1.03 bits per heavy atom. The van der Waals surface area contributed by atoms with E-state index in [-0.39, 0.29) is 5.91 Å². The predicted molar refractivity (Wildman–Crippen MR) is 126 cm³/mol. The average Bonchev–Trinajstić information content (AvgIpc) is 3.23. The Morgan fingerprint density at radius 2 is 1.84 bits per heavy atom. The van der Waals surface area contributed by atoms with E-state index in [2.05, 4.69) is 17.9 Å². The van der Waals surface area contributed by atoms with Gasteiger partial charge in [-0.2, -0.15) is 0 Å². The van der Waals surface area contributed by atoms with Gasteiger partial charge in [-0.1, -0.05) is 30.7 Å². The van der Waals surface area contributed by atoms with Crippen LogP contribution >= 0.6 is 11.3 Å². The number of amides is 1. The molecule has 1 aromatic heterocycles. The van der Waals surface area contributed by atoms with Crippen molar-refractivity contribution in [2.24, 2.45) is 0 Å². The fourth-order valence-electron chi connectivity index (χ4n) is 3.62. The molecule has 3 aromatic rings. The van der Waals surface area contributed by atoms with Gasteiger partial charge in [0, 0.05) is 31.7 Å². The van der Waals surface area contributed by atoms with Gasteiger partial charge in [-0.05, 0) is 49.7 Å². The zero-order valence-electron chi connectivity index (χ0n) is 18.2. The summed E-state index contributed by atoms with van der Waals surface area (Å²) in [4.78, 5) is 22.0. The molecule has 2 heterocycles. The van der Waals surface area contributed by atoms with Crippen molar-refractivity contribution in [1.82, 2.24) is 9.88 Å². The molecule has 7 heteroatoms. The minimum Gasteiger partial charge on any atom is -0.494 e. The first kappa shape index (κ1) is 21.4. The lowest BCUT2D eigenvalue weighted by Gasteiger charge is -2.34. The summed E-state index contributed by atoms with van der Waals surface area (Å²) in [5, 5.41) is 1.00. The molecule has 0 N–H and O–H groups in total. The zero-order valence-corrected chi connectivity index (χ0v) is 19.0. The van der Waals surface area contributed by atoms with Gasteiger partial charge in [0.1, 0.15) is 11.5 Å². The highest BCUT2D eigenvalue weighted by Crippen LogP contribution is 2.32. The van der Waals surface area contributed by atoms with Crippen LogP contribution in [0.5, 0.6) is 11.5 Å². The molecular weight excluding hydrogens is 410 g/mol. The van der Waals surface area contributed by atoms with Crippen LogP contribution in [0.2, 0.25) is 0 Å². The largest absolute Gasteiger partial charge is 0.494 e. The van der Waals surface area contributed by atoms with Gasteiger partial charge in [0.05, 0.1) is 23.4 Å². The lowest BCUT2D eigenvalue weighted by atomic mass is 10.1. The third kappa shape index (κ3) is 5.10. The molecule has 4 rings (SSSR count). The fourth-order valence-corrected chi connectivity index (χ4v) is 4.67. The van der Waals surface area contributed by atoms with E-state index >= 15 is 0 Å². The molecule has 0 aliphatic carbocycles. The van der Waals surface area contributed by atoms with Crippen molar-refractivity contribution in [2.45, 2.75) is 26.7 Å². The van der Waals surface area contributed by atoms with Crippen LogP contribution in [0.15, 0.2) is 42.5 Å². The maximum Gasteiger partial charge on any atom is 0.254 e. The monoisotopic (exact) mass is 439 g/mol. The first-order chi connectivity index (χ1) is 15.2. The van der Waals surface area contributed by atoms with Crippen LogP contribution in [0.1, 0.15) is 37.0 Å². The van der Waals surface area contributed by atoms with Crippen molar-refractivity contribution >= 4 is 32.6 Å². The Hall–Kier alpha value is -2.80. The Bertz CT molecular complexity index is 1030. The number of benzene rings is 2.